The normalized spacial score (nSPS) is 16.6. The molecule has 1 fully saturated rings. The van der Waals surface area contributed by atoms with Crippen LogP contribution >= 0.6 is 0 Å². The Morgan fingerprint density at radius 2 is 1.89 bits per heavy atom. The van der Waals surface area contributed by atoms with Crippen molar-refractivity contribution in [2.24, 2.45) is 5.92 Å². The third-order valence-corrected chi connectivity index (χ3v) is 4.72. The number of aryl methyl sites for hydroxylation is 1. The molecule has 0 aromatic heterocycles. The fourth-order valence-electron chi connectivity index (χ4n) is 3.15. The number of anilines is 1. The predicted octanol–water partition coefficient (Wildman–Crippen LogP) is 3.07. The summed E-state index contributed by atoms with van der Waals surface area (Å²) in [6, 6.07) is 17.8. The summed E-state index contributed by atoms with van der Waals surface area (Å²) < 4.78 is 5.61. The molecule has 5 heteroatoms. The van der Waals surface area contributed by atoms with Crippen LogP contribution in [0.25, 0.3) is 0 Å². The molecule has 0 bridgehead atoms. The van der Waals surface area contributed by atoms with Crippen LogP contribution in [-0.4, -0.2) is 31.5 Å². The SMILES string of the molecule is Cc1ccc(N2CC(C(=O)NCCCOCc3ccccc3)CC2=O)cc1. The maximum atomic E-state index is 12.3. The number of nitrogens with one attached hydrogen (secondary N) is 1. The molecular weight excluding hydrogens is 340 g/mol. The number of carbonyl (C=O) groups excluding carboxylic acids is 2. The van der Waals surface area contributed by atoms with Gasteiger partial charge in [-0.2, -0.15) is 0 Å². The minimum Gasteiger partial charge on any atom is -0.377 e. The van der Waals surface area contributed by atoms with Crippen molar-refractivity contribution in [2.75, 3.05) is 24.6 Å². The smallest absolute Gasteiger partial charge is 0.227 e. The molecule has 142 valence electrons. The largest absolute Gasteiger partial charge is 0.377 e. The highest BCUT2D eigenvalue weighted by Crippen LogP contribution is 2.25. The number of rotatable bonds is 8. The Morgan fingerprint density at radius 1 is 1.15 bits per heavy atom. The molecule has 1 atom stereocenters. The highest BCUT2D eigenvalue weighted by atomic mass is 16.5. The average Bonchev–Trinajstić information content (AvgIpc) is 3.07. The first-order chi connectivity index (χ1) is 13.1. The zero-order valence-corrected chi connectivity index (χ0v) is 15.7. The molecule has 27 heavy (non-hydrogen) atoms. The van der Waals surface area contributed by atoms with E-state index in [-0.39, 0.29) is 24.2 Å². The molecule has 0 radical (unpaired) electrons. The van der Waals surface area contributed by atoms with Gasteiger partial charge in [0.25, 0.3) is 0 Å². The summed E-state index contributed by atoms with van der Waals surface area (Å²) in [5.41, 5.74) is 3.14. The summed E-state index contributed by atoms with van der Waals surface area (Å²) in [5, 5.41) is 2.93. The van der Waals surface area contributed by atoms with Crippen molar-refractivity contribution in [1.29, 1.82) is 0 Å². The molecule has 3 rings (SSSR count). The van der Waals surface area contributed by atoms with Gasteiger partial charge in [-0.15, -0.1) is 0 Å². The third-order valence-electron chi connectivity index (χ3n) is 4.72. The van der Waals surface area contributed by atoms with E-state index in [1.165, 1.54) is 0 Å². The average molecular weight is 366 g/mol. The first kappa shape index (κ1) is 19.1. The Morgan fingerprint density at radius 3 is 2.63 bits per heavy atom. The van der Waals surface area contributed by atoms with Crippen LogP contribution < -0.4 is 10.2 Å². The molecule has 2 aromatic rings. The van der Waals surface area contributed by atoms with Crippen molar-refractivity contribution < 1.29 is 14.3 Å². The van der Waals surface area contributed by atoms with Gasteiger partial charge in [0.05, 0.1) is 12.5 Å². The van der Waals surface area contributed by atoms with Crippen LogP contribution in [0.15, 0.2) is 54.6 Å². The lowest BCUT2D eigenvalue weighted by atomic mass is 10.1. The van der Waals surface area contributed by atoms with Crippen molar-refractivity contribution in [3.63, 3.8) is 0 Å². The summed E-state index contributed by atoms with van der Waals surface area (Å²) in [6.07, 6.45) is 1.02. The molecule has 5 nitrogen and oxygen atoms in total. The standard InChI is InChI=1S/C22H26N2O3/c1-17-8-10-20(11-9-17)24-15-19(14-21(24)25)22(26)23-12-5-13-27-16-18-6-3-2-4-7-18/h2-4,6-11,19H,5,12-16H2,1H3,(H,23,26). The lowest BCUT2D eigenvalue weighted by Crippen LogP contribution is -2.33. The minimum atomic E-state index is -0.288. The van der Waals surface area contributed by atoms with Gasteiger partial charge in [-0.25, -0.2) is 0 Å². The fraction of sp³-hybridized carbons (Fsp3) is 0.364. The molecule has 0 aliphatic carbocycles. The zero-order valence-electron chi connectivity index (χ0n) is 15.7. The molecular formula is C22H26N2O3. The molecule has 0 spiro atoms. The maximum absolute atomic E-state index is 12.3. The lowest BCUT2D eigenvalue weighted by molar-refractivity contribution is -0.126. The predicted molar refractivity (Wildman–Crippen MR) is 105 cm³/mol. The van der Waals surface area contributed by atoms with Crippen molar-refractivity contribution in [1.82, 2.24) is 5.32 Å². The highest BCUT2D eigenvalue weighted by molar-refractivity contribution is 6.00. The molecule has 1 aliphatic rings. The number of hydrogen-bond acceptors (Lipinski definition) is 3. The van der Waals surface area contributed by atoms with Crippen LogP contribution in [0.2, 0.25) is 0 Å². The number of hydrogen-bond donors (Lipinski definition) is 1. The van der Waals surface area contributed by atoms with Crippen LogP contribution in [0.1, 0.15) is 24.0 Å². The first-order valence-electron chi connectivity index (χ1n) is 9.40. The van der Waals surface area contributed by atoms with Gasteiger partial charge in [0.1, 0.15) is 0 Å². The maximum Gasteiger partial charge on any atom is 0.227 e. The van der Waals surface area contributed by atoms with Crippen LogP contribution in [0.5, 0.6) is 0 Å². The Kier molecular flexibility index (Phi) is 6.60. The Bertz CT molecular complexity index is 759. The summed E-state index contributed by atoms with van der Waals surface area (Å²) in [7, 11) is 0. The molecule has 2 aromatic carbocycles. The zero-order chi connectivity index (χ0) is 19.1. The molecule has 1 heterocycles. The van der Waals surface area contributed by atoms with Crippen LogP contribution in [-0.2, 0) is 20.9 Å². The van der Waals surface area contributed by atoms with Crippen molar-refractivity contribution in [3.8, 4) is 0 Å². The van der Waals surface area contributed by atoms with Gasteiger partial charge in [0.15, 0.2) is 0 Å². The second-order valence-electron chi connectivity index (χ2n) is 6.92. The molecule has 2 amide bonds. The molecule has 1 N–H and O–H groups in total. The minimum absolute atomic E-state index is 0.00481. The number of amides is 2. The van der Waals surface area contributed by atoms with Gasteiger partial charge in [-0.05, 0) is 31.0 Å². The van der Waals surface area contributed by atoms with E-state index in [4.69, 9.17) is 4.74 Å². The molecule has 1 unspecified atom stereocenters. The van der Waals surface area contributed by atoms with Gasteiger partial charge in [0.2, 0.25) is 11.8 Å². The highest BCUT2D eigenvalue weighted by Gasteiger charge is 2.34. The van der Waals surface area contributed by atoms with Crippen LogP contribution in [0, 0.1) is 12.8 Å². The van der Waals surface area contributed by atoms with E-state index in [0.717, 1.165) is 23.2 Å². The van der Waals surface area contributed by atoms with Gasteiger partial charge >= 0.3 is 0 Å². The molecule has 0 saturated carbocycles. The number of ether oxygens (including phenoxy) is 1. The van der Waals surface area contributed by atoms with Gasteiger partial charge < -0.3 is 15.0 Å². The second kappa shape index (κ2) is 9.33. The molecule has 1 aliphatic heterocycles. The number of nitrogens with zero attached hydrogens (tertiary/aromatic N) is 1. The van der Waals surface area contributed by atoms with Crippen molar-refractivity contribution >= 4 is 17.5 Å². The van der Waals surface area contributed by atoms with Crippen molar-refractivity contribution in [2.45, 2.75) is 26.4 Å². The van der Waals surface area contributed by atoms with Crippen LogP contribution in [0.3, 0.4) is 0 Å². The van der Waals surface area contributed by atoms with E-state index in [1.807, 2.05) is 61.5 Å². The van der Waals surface area contributed by atoms with Gasteiger partial charge in [-0.3, -0.25) is 9.59 Å². The number of benzene rings is 2. The Balaban J connectivity index is 1.36. The second-order valence-corrected chi connectivity index (χ2v) is 6.92. The monoisotopic (exact) mass is 366 g/mol. The van der Waals surface area contributed by atoms with E-state index >= 15 is 0 Å². The van der Waals surface area contributed by atoms with E-state index in [2.05, 4.69) is 5.32 Å². The summed E-state index contributed by atoms with van der Waals surface area (Å²) in [5.74, 6) is -0.338. The van der Waals surface area contributed by atoms with Crippen molar-refractivity contribution in [3.05, 3.63) is 65.7 Å². The summed E-state index contributed by atoms with van der Waals surface area (Å²) >= 11 is 0. The quantitative estimate of drug-likeness (QED) is 0.731. The number of carbonyl (C=O) groups is 2. The van der Waals surface area contributed by atoms with E-state index in [9.17, 15) is 9.59 Å². The molecule has 1 saturated heterocycles. The lowest BCUT2D eigenvalue weighted by Gasteiger charge is -2.17. The first-order valence-corrected chi connectivity index (χ1v) is 9.40. The summed E-state index contributed by atoms with van der Waals surface area (Å²) in [6.45, 7) is 4.18. The van der Waals surface area contributed by atoms with E-state index in [1.54, 1.807) is 4.90 Å². The van der Waals surface area contributed by atoms with E-state index < -0.39 is 0 Å². The third kappa shape index (κ3) is 5.41. The topological polar surface area (TPSA) is 58.6 Å². The van der Waals surface area contributed by atoms with Gasteiger partial charge in [0, 0.05) is 31.8 Å². The summed E-state index contributed by atoms with van der Waals surface area (Å²) in [4.78, 5) is 26.3. The fourth-order valence-corrected chi connectivity index (χ4v) is 3.15. The Labute approximate surface area is 160 Å². The van der Waals surface area contributed by atoms with Crippen LogP contribution in [0.4, 0.5) is 5.69 Å². The van der Waals surface area contributed by atoms with Gasteiger partial charge in [-0.1, -0.05) is 48.0 Å². The Hall–Kier alpha value is -2.66. The van der Waals surface area contributed by atoms with E-state index in [0.29, 0.717) is 26.3 Å².